The van der Waals surface area contributed by atoms with Crippen LogP contribution in [-0.4, -0.2) is 27.8 Å². The third kappa shape index (κ3) is 4.46. The first kappa shape index (κ1) is 19.4. The maximum absolute atomic E-state index is 12.0. The number of aromatic hydroxyl groups is 1. The molecular formula is C22H23N3O3. The highest BCUT2D eigenvalue weighted by molar-refractivity contribution is 5.92. The average molecular weight is 377 g/mol. The second-order valence-corrected chi connectivity index (χ2v) is 6.79. The fourth-order valence-corrected chi connectivity index (χ4v) is 3.22. The zero-order valence-electron chi connectivity index (χ0n) is 15.9. The minimum atomic E-state index is -0.772. The van der Waals surface area contributed by atoms with Crippen LogP contribution in [0, 0.1) is 6.92 Å². The number of aromatic nitrogens is 2. The predicted octanol–water partition coefficient (Wildman–Crippen LogP) is 2.64. The summed E-state index contributed by atoms with van der Waals surface area (Å²) in [5.41, 5.74) is 2.37. The Balaban J connectivity index is 1.99. The highest BCUT2D eigenvalue weighted by atomic mass is 16.3. The van der Waals surface area contributed by atoms with Gasteiger partial charge >= 0.3 is 0 Å². The highest BCUT2D eigenvalue weighted by Gasteiger charge is 2.19. The summed E-state index contributed by atoms with van der Waals surface area (Å²) in [6.45, 7) is 2.45. The molecule has 6 heteroatoms. The first-order chi connectivity index (χ1) is 13.5. The van der Waals surface area contributed by atoms with Crippen LogP contribution in [0.25, 0.3) is 0 Å². The van der Waals surface area contributed by atoms with Gasteiger partial charge < -0.3 is 10.4 Å². The molecule has 1 atom stereocenters. The van der Waals surface area contributed by atoms with Crippen molar-refractivity contribution >= 4 is 5.91 Å². The Hall–Kier alpha value is -3.41. The molecule has 0 saturated carbocycles. The Morgan fingerprint density at radius 2 is 1.93 bits per heavy atom. The molecule has 3 aromatic rings. The van der Waals surface area contributed by atoms with Gasteiger partial charge in [-0.1, -0.05) is 60.2 Å². The van der Waals surface area contributed by atoms with Crippen molar-refractivity contribution in [1.29, 1.82) is 0 Å². The van der Waals surface area contributed by atoms with Crippen molar-refractivity contribution in [3.05, 3.63) is 93.4 Å². The van der Waals surface area contributed by atoms with Crippen LogP contribution in [0.4, 0.5) is 0 Å². The van der Waals surface area contributed by atoms with Crippen LogP contribution in [0.1, 0.15) is 33.1 Å². The lowest BCUT2D eigenvalue weighted by molar-refractivity contribution is 0.0953. The number of nitrogens with zero attached hydrogens (tertiary/aromatic N) is 2. The zero-order chi connectivity index (χ0) is 20.1. The number of carbonyl (C=O) groups is 1. The van der Waals surface area contributed by atoms with Gasteiger partial charge in [0.1, 0.15) is 0 Å². The maximum atomic E-state index is 12.0. The van der Waals surface area contributed by atoms with Crippen LogP contribution in [0.5, 0.6) is 5.75 Å². The van der Waals surface area contributed by atoms with Crippen LogP contribution in [-0.2, 0) is 13.0 Å². The number of aryl methyl sites for hydroxylation is 1. The molecule has 28 heavy (non-hydrogen) atoms. The van der Waals surface area contributed by atoms with Crippen molar-refractivity contribution in [2.45, 2.75) is 25.8 Å². The Morgan fingerprint density at radius 1 is 1.18 bits per heavy atom. The van der Waals surface area contributed by atoms with Crippen LogP contribution in [0.3, 0.4) is 0 Å². The minimum Gasteiger partial charge on any atom is -0.503 e. The van der Waals surface area contributed by atoms with E-state index in [1.807, 2.05) is 37.3 Å². The van der Waals surface area contributed by atoms with E-state index < -0.39 is 17.1 Å². The molecule has 1 heterocycles. The van der Waals surface area contributed by atoms with E-state index in [2.05, 4.69) is 34.7 Å². The number of benzene rings is 2. The topological polar surface area (TPSA) is 84.2 Å². The SMILES string of the molecule is CNC(=O)c1nn(CC(Cc2ccccc2)c2cccc(C)c2)cc(O)c1=O. The lowest BCUT2D eigenvalue weighted by Crippen LogP contribution is -2.30. The fraction of sp³-hybridized carbons (Fsp3) is 0.227. The average Bonchev–Trinajstić information content (AvgIpc) is 2.70. The fourth-order valence-electron chi connectivity index (χ4n) is 3.22. The van der Waals surface area contributed by atoms with E-state index in [1.165, 1.54) is 23.5 Å². The Kier molecular flexibility index (Phi) is 5.89. The lowest BCUT2D eigenvalue weighted by Gasteiger charge is -2.20. The number of nitrogens with one attached hydrogen (secondary N) is 1. The van der Waals surface area contributed by atoms with Gasteiger partial charge in [0.05, 0.1) is 6.20 Å². The zero-order valence-corrected chi connectivity index (χ0v) is 15.9. The highest BCUT2D eigenvalue weighted by Crippen LogP contribution is 2.24. The molecule has 144 valence electrons. The largest absolute Gasteiger partial charge is 0.503 e. The van der Waals surface area contributed by atoms with Crippen LogP contribution >= 0.6 is 0 Å². The van der Waals surface area contributed by atoms with Crippen LogP contribution in [0.2, 0.25) is 0 Å². The lowest BCUT2D eigenvalue weighted by atomic mass is 9.91. The van der Waals surface area contributed by atoms with E-state index in [-0.39, 0.29) is 11.6 Å². The quantitative estimate of drug-likeness (QED) is 0.692. The third-order valence-electron chi connectivity index (χ3n) is 4.64. The molecule has 1 aromatic heterocycles. The molecule has 0 spiro atoms. The summed E-state index contributed by atoms with van der Waals surface area (Å²) in [5.74, 6) is -1.06. The summed E-state index contributed by atoms with van der Waals surface area (Å²) in [7, 11) is 1.42. The van der Waals surface area contributed by atoms with Gasteiger partial charge in [-0.05, 0) is 24.5 Å². The second-order valence-electron chi connectivity index (χ2n) is 6.79. The summed E-state index contributed by atoms with van der Waals surface area (Å²) < 4.78 is 1.47. The summed E-state index contributed by atoms with van der Waals surface area (Å²) in [5, 5.41) is 16.5. The first-order valence-electron chi connectivity index (χ1n) is 9.11. The van der Waals surface area contributed by atoms with Crippen molar-refractivity contribution in [3.63, 3.8) is 0 Å². The van der Waals surface area contributed by atoms with E-state index >= 15 is 0 Å². The monoisotopic (exact) mass is 377 g/mol. The van der Waals surface area contributed by atoms with Crippen molar-refractivity contribution < 1.29 is 9.90 Å². The summed E-state index contributed by atoms with van der Waals surface area (Å²) in [6, 6.07) is 18.3. The van der Waals surface area contributed by atoms with E-state index in [0.717, 1.165) is 17.5 Å². The number of hydrogen-bond acceptors (Lipinski definition) is 4. The van der Waals surface area contributed by atoms with Crippen LogP contribution in [0.15, 0.2) is 65.6 Å². The van der Waals surface area contributed by atoms with E-state index in [9.17, 15) is 14.7 Å². The number of amides is 1. The van der Waals surface area contributed by atoms with Gasteiger partial charge in [-0.15, -0.1) is 0 Å². The minimum absolute atomic E-state index is 0.0502. The Bertz CT molecular complexity index is 1030. The van der Waals surface area contributed by atoms with Crippen molar-refractivity contribution in [1.82, 2.24) is 15.1 Å². The van der Waals surface area contributed by atoms with Gasteiger partial charge in [-0.3, -0.25) is 14.3 Å². The number of rotatable bonds is 6. The Morgan fingerprint density at radius 3 is 2.61 bits per heavy atom. The molecule has 1 unspecified atom stereocenters. The molecule has 0 radical (unpaired) electrons. The molecule has 3 rings (SSSR count). The molecule has 1 amide bonds. The van der Waals surface area contributed by atoms with Gasteiger partial charge in [0.15, 0.2) is 11.4 Å². The van der Waals surface area contributed by atoms with Gasteiger partial charge in [-0.2, -0.15) is 5.10 Å². The summed E-state index contributed by atoms with van der Waals surface area (Å²) in [6.07, 6.45) is 2.04. The molecule has 2 N–H and O–H groups in total. The van der Waals surface area contributed by atoms with E-state index in [0.29, 0.717) is 6.54 Å². The van der Waals surface area contributed by atoms with Crippen LogP contribution < -0.4 is 10.7 Å². The van der Waals surface area contributed by atoms with E-state index in [4.69, 9.17) is 0 Å². The second kappa shape index (κ2) is 8.52. The molecule has 0 aliphatic heterocycles. The summed E-state index contributed by atoms with van der Waals surface area (Å²) in [4.78, 5) is 24.0. The molecule has 0 bridgehead atoms. The van der Waals surface area contributed by atoms with Gasteiger partial charge in [0.25, 0.3) is 11.3 Å². The molecule has 2 aromatic carbocycles. The number of carbonyl (C=O) groups excluding carboxylic acids is 1. The summed E-state index contributed by atoms with van der Waals surface area (Å²) >= 11 is 0. The standard InChI is InChI=1S/C22H23N3O3/c1-15-7-6-10-17(11-15)18(12-16-8-4-3-5-9-16)13-25-14-19(26)21(27)20(24-25)22(28)23-2/h3-11,14,18,26H,12-13H2,1-2H3,(H,23,28). The Labute approximate surface area is 163 Å². The van der Waals surface area contributed by atoms with Gasteiger partial charge in [-0.25, -0.2) is 0 Å². The van der Waals surface area contributed by atoms with E-state index in [1.54, 1.807) is 0 Å². The van der Waals surface area contributed by atoms with Crippen molar-refractivity contribution in [2.24, 2.45) is 0 Å². The molecule has 0 aliphatic rings. The maximum Gasteiger partial charge on any atom is 0.275 e. The molecule has 0 aliphatic carbocycles. The predicted molar refractivity (Wildman–Crippen MR) is 108 cm³/mol. The van der Waals surface area contributed by atoms with Gasteiger partial charge in [0, 0.05) is 19.5 Å². The van der Waals surface area contributed by atoms with Crippen molar-refractivity contribution in [2.75, 3.05) is 7.05 Å². The smallest absolute Gasteiger partial charge is 0.275 e. The molecule has 0 fully saturated rings. The van der Waals surface area contributed by atoms with Crippen molar-refractivity contribution in [3.8, 4) is 5.75 Å². The normalized spacial score (nSPS) is 11.8. The third-order valence-corrected chi connectivity index (χ3v) is 4.64. The molecule has 0 saturated heterocycles. The first-order valence-corrected chi connectivity index (χ1v) is 9.11. The molecule has 6 nitrogen and oxygen atoms in total. The number of hydrogen-bond donors (Lipinski definition) is 2. The molecular weight excluding hydrogens is 354 g/mol. The van der Waals surface area contributed by atoms with Gasteiger partial charge in [0.2, 0.25) is 0 Å².